The van der Waals surface area contributed by atoms with Crippen LogP contribution in [0.15, 0.2) is 12.1 Å². The van der Waals surface area contributed by atoms with Crippen LogP contribution in [0, 0.1) is 6.92 Å². The normalized spacial score (nSPS) is 18.8. The van der Waals surface area contributed by atoms with E-state index in [0.29, 0.717) is 6.42 Å². The second-order valence-electron chi connectivity index (χ2n) is 6.42. The van der Waals surface area contributed by atoms with Crippen LogP contribution >= 0.6 is 23.7 Å². The molecule has 2 aliphatic heterocycles. The van der Waals surface area contributed by atoms with E-state index in [9.17, 15) is 9.59 Å². The maximum absolute atomic E-state index is 12.4. The number of aryl methyl sites for hydroxylation is 1. The molecule has 6 nitrogen and oxygen atoms in total. The highest BCUT2D eigenvalue weighted by Crippen LogP contribution is 2.18. The molecular formula is C17H27ClN4O2S. The van der Waals surface area contributed by atoms with E-state index in [-0.39, 0.29) is 24.2 Å². The molecule has 0 saturated carbocycles. The minimum Gasteiger partial charge on any atom is -0.340 e. The van der Waals surface area contributed by atoms with Crippen molar-refractivity contribution in [1.29, 1.82) is 0 Å². The van der Waals surface area contributed by atoms with Crippen molar-refractivity contribution in [3.05, 3.63) is 21.9 Å². The number of hydrogen-bond acceptors (Lipinski definition) is 5. The van der Waals surface area contributed by atoms with Gasteiger partial charge in [-0.2, -0.15) is 0 Å². The summed E-state index contributed by atoms with van der Waals surface area (Å²) in [5.41, 5.74) is 0. The molecule has 25 heavy (non-hydrogen) atoms. The molecule has 3 rings (SSSR count). The zero-order valence-corrected chi connectivity index (χ0v) is 16.3. The van der Waals surface area contributed by atoms with E-state index in [1.54, 1.807) is 11.3 Å². The predicted molar refractivity (Wildman–Crippen MR) is 103 cm³/mol. The monoisotopic (exact) mass is 386 g/mol. The third-order valence-corrected chi connectivity index (χ3v) is 5.71. The summed E-state index contributed by atoms with van der Waals surface area (Å²) in [6.07, 6.45) is 0.581. The van der Waals surface area contributed by atoms with Crippen LogP contribution < -0.4 is 5.32 Å². The van der Waals surface area contributed by atoms with Crippen LogP contribution in [0.5, 0.6) is 0 Å². The molecule has 1 N–H and O–H groups in total. The molecule has 2 saturated heterocycles. The third-order valence-electron chi connectivity index (χ3n) is 4.72. The summed E-state index contributed by atoms with van der Waals surface area (Å²) in [5, 5.41) is 3.26. The van der Waals surface area contributed by atoms with E-state index in [0.717, 1.165) is 63.8 Å². The first-order chi connectivity index (χ1) is 11.6. The predicted octanol–water partition coefficient (Wildman–Crippen LogP) is 1.06. The van der Waals surface area contributed by atoms with Crippen molar-refractivity contribution < 1.29 is 9.59 Å². The second-order valence-corrected chi connectivity index (χ2v) is 7.71. The number of hydrogen-bond donors (Lipinski definition) is 1. The fraction of sp³-hybridized carbons (Fsp3) is 0.647. The molecule has 1 aromatic heterocycles. The van der Waals surface area contributed by atoms with Gasteiger partial charge in [-0.3, -0.25) is 14.5 Å². The molecule has 0 bridgehead atoms. The molecule has 0 radical (unpaired) electrons. The van der Waals surface area contributed by atoms with Crippen LogP contribution in [0.3, 0.4) is 0 Å². The van der Waals surface area contributed by atoms with E-state index < -0.39 is 0 Å². The summed E-state index contributed by atoms with van der Waals surface area (Å²) in [4.78, 5) is 32.8. The van der Waals surface area contributed by atoms with Crippen molar-refractivity contribution in [2.24, 2.45) is 0 Å². The Morgan fingerprint density at radius 1 is 1.04 bits per heavy atom. The maximum Gasteiger partial charge on any atom is 0.264 e. The maximum atomic E-state index is 12.4. The second kappa shape index (κ2) is 9.52. The van der Waals surface area contributed by atoms with Gasteiger partial charge in [-0.15, -0.1) is 23.7 Å². The number of carbonyl (C=O) groups excluding carboxylic acids is 2. The molecule has 2 aliphatic rings. The number of thiophene rings is 1. The number of carbonyl (C=O) groups is 2. The SMILES string of the molecule is Cc1ccc(C(=O)N2CCN(CCC(=O)N3CCNCC3)CC2)s1.Cl. The van der Waals surface area contributed by atoms with Gasteiger partial charge >= 0.3 is 0 Å². The van der Waals surface area contributed by atoms with Crippen molar-refractivity contribution >= 4 is 35.6 Å². The molecule has 0 unspecified atom stereocenters. The van der Waals surface area contributed by atoms with Gasteiger partial charge in [0.2, 0.25) is 5.91 Å². The lowest BCUT2D eigenvalue weighted by molar-refractivity contribution is -0.132. The molecule has 0 spiro atoms. The van der Waals surface area contributed by atoms with Crippen molar-refractivity contribution in [3.8, 4) is 0 Å². The highest BCUT2D eigenvalue weighted by atomic mass is 35.5. The van der Waals surface area contributed by atoms with Gasteiger partial charge in [0.05, 0.1) is 4.88 Å². The lowest BCUT2D eigenvalue weighted by Gasteiger charge is -2.35. The van der Waals surface area contributed by atoms with E-state index in [2.05, 4.69) is 10.2 Å². The van der Waals surface area contributed by atoms with Gasteiger partial charge < -0.3 is 15.1 Å². The number of nitrogens with zero attached hydrogens (tertiary/aromatic N) is 3. The zero-order valence-electron chi connectivity index (χ0n) is 14.7. The van der Waals surface area contributed by atoms with Crippen LogP contribution in [0.2, 0.25) is 0 Å². The molecular weight excluding hydrogens is 360 g/mol. The number of amides is 2. The zero-order chi connectivity index (χ0) is 16.9. The van der Waals surface area contributed by atoms with Gasteiger partial charge in [-0.05, 0) is 19.1 Å². The average Bonchev–Trinajstić information content (AvgIpc) is 3.06. The fourth-order valence-electron chi connectivity index (χ4n) is 3.21. The Morgan fingerprint density at radius 3 is 2.32 bits per heavy atom. The Kier molecular flexibility index (Phi) is 7.68. The third kappa shape index (κ3) is 5.41. The largest absolute Gasteiger partial charge is 0.340 e. The van der Waals surface area contributed by atoms with E-state index in [1.807, 2.05) is 28.9 Å². The molecule has 0 aromatic carbocycles. The van der Waals surface area contributed by atoms with E-state index in [4.69, 9.17) is 0 Å². The van der Waals surface area contributed by atoms with Gasteiger partial charge in [0.15, 0.2) is 0 Å². The molecule has 0 atom stereocenters. The highest BCUT2D eigenvalue weighted by Gasteiger charge is 2.24. The minimum atomic E-state index is 0. The van der Waals surface area contributed by atoms with E-state index in [1.165, 1.54) is 4.88 Å². The number of halogens is 1. The quantitative estimate of drug-likeness (QED) is 0.840. The average molecular weight is 387 g/mol. The van der Waals surface area contributed by atoms with Crippen LogP contribution in [-0.2, 0) is 4.79 Å². The fourth-order valence-corrected chi connectivity index (χ4v) is 4.04. The first-order valence-corrected chi connectivity index (χ1v) is 9.52. The van der Waals surface area contributed by atoms with Crippen molar-refractivity contribution in [3.63, 3.8) is 0 Å². The van der Waals surface area contributed by atoms with E-state index >= 15 is 0 Å². The molecule has 0 aliphatic carbocycles. The molecule has 140 valence electrons. The number of rotatable bonds is 4. The van der Waals surface area contributed by atoms with Crippen LogP contribution in [0.1, 0.15) is 21.0 Å². The summed E-state index contributed by atoms with van der Waals surface area (Å²) in [6.45, 7) is 9.45. The topological polar surface area (TPSA) is 55.9 Å². The van der Waals surface area contributed by atoms with Gasteiger partial charge in [-0.25, -0.2) is 0 Å². The summed E-state index contributed by atoms with van der Waals surface area (Å²) in [7, 11) is 0. The summed E-state index contributed by atoms with van der Waals surface area (Å²) in [5.74, 6) is 0.397. The number of nitrogens with one attached hydrogen (secondary N) is 1. The molecule has 2 amide bonds. The van der Waals surface area contributed by atoms with Gasteiger partial charge in [0.25, 0.3) is 5.91 Å². The Bertz CT molecular complexity index is 581. The Balaban J connectivity index is 0.00000225. The lowest BCUT2D eigenvalue weighted by Crippen LogP contribution is -2.50. The minimum absolute atomic E-state index is 0. The molecule has 8 heteroatoms. The summed E-state index contributed by atoms with van der Waals surface area (Å²) < 4.78 is 0. The summed E-state index contributed by atoms with van der Waals surface area (Å²) >= 11 is 1.56. The Hall–Kier alpha value is -1.15. The van der Waals surface area contributed by atoms with Crippen LogP contribution in [0.25, 0.3) is 0 Å². The molecule has 3 heterocycles. The van der Waals surface area contributed by atoms with Crippen molar-refractivity contribution in [2.75, 3.05) is 58.9 Å². The Labute approximate surface area is 159 Å². The van der Waals surface area contributed by atoms with Crippen LogP contribution in [0.4, 0.5) is 0 Å². The van der Waals surface area contributed by atoms with Gasteiger partial charge in [0.1, 0.15) is 0 Å². The van der Waals surface area contributed by atoms with Crippen molar-refractivity contribution in [2.45, 2.75) is 13.3 Å². The van der Waals surface area contributed by atoms with Crippen molar-refractivity contribution in [1.82, 2.24) is 20.0 Å². The standard InChI is InChI=1S/C17H26N4O2S.ClH/c1-14-2-3-15(24-14)17(23)21-12-10-19(11-13-21)7-4-16(22)20-8-5-18-6-9-20;/h2-3,18H,4-13H2,1H3;1H. The number of piperazine rings is 2. The van der Waals surface area contributed by atoms with Gasteiger partial charge in [-0.1, -0.05) is 0 Å². The smallest absolute Gasteiger partial charge is 0.264 e. The highest BCUT2D eigenvalue weighted by molar-refractivity contribution is 7.13. The molecule has 2 fully saturated rings. The van der Waals surface area contributed by atoms with Crippen LogP contribution in [-0.4, -0.2) is 85.4 Å². The Morgan fingerprint density at radius 2 is 1.72 bits per heavy atom. The summed E-state index contributed by atoms with van der Waals surface area (Å²) in [6, 6.07) is 3.91. The lowest BCUT2D eigenvalue weighted by atomic mass is 10.2. The molecule has 1 aromatic rings. The first-order valence-electron chi connectivity index (χ1n) is 8.70. The van der Waals surface area contributed by atoms with Gasteiger partial charge in [0, 0.05) is 70.2 Å². The first kappa shape index (κ1) is 20.2.